The highest BCUT2D eigenvalue weighted by molar-refractivity contribution is 6.33. The van der Waals surface area contributed by atoms with Gasteiger partial charge in [-0.1, -0.05) is 23.7 Å². The van der Waals surface area contributed by atoms with Crippen LogP contribution in [0, 0.1) is 0 Å². The van der Waals surface area contributed by atoms with Crippen LogP contribution in [0.5, 0.6) is 0 Å². The number of halogens is 1. The Morgan fingerprint density at radius 2 is 1.91 bits per heavy atom. The Bertz CT molecular complexity index is 672. The van der Waals surface area contributed by atoms with Crippen molar-refractivity contribution in [1.82, 2.24) is 9.97 Å². The third kappa shape index (κ3) is 3.46. The van der Waals surface area contributed by atoms with Crippen molar-refractivity contribution >= 4 is 35.0 Å². The van der Waals surface area contributed by atoms with Crippen LogP contribution in [-0.2, 0) is 0 Å². The number of hydrogen-bond donors (Lipinski definition) is 2. The van der Waals surface area contributed by atoms with E-state index in [0.29, 0.717) is 16.5 Å². The number of nitrogens with zero attached hydrogens (tertiary/aromatic N) is 3. The molecule has 0 atom stereocenters. The van der Waals surface area contributed by atoms with Crippen LogP contribution in [0.15, 0.2) is 36.7 Å². The first kappa shape index (κ1) is 14.6. The molecule has 6 nitrogen and oxygen atoms in total. The van der Waals surface area contributed by atoms with Gasteiger partial charge in [-0.25, -0.2) is 14.8 Å². The van der Waals surface area contributed by atoms with E-state index in [9.17, 15) is 4.79 Å². The molecule has 0 spiro atoms. The Labute approximate surface area is 133 Å². The SMILES string of the molecule is O=C(Nc1cc(N2CCCC2)ncn1)Nc1ccccc1Cl. The highest BCUT2D eigenvalue weighted by atomic mass is 35.5. The van der Waals surface area contributed by atoms with Gasteiger partial charge in [-0.3, -0.25) is 5.32 Å². The number of rotatable bonds is 3. The predicted octanol–water partition coefficient (Wildman–Crippen LogP) is 3.37. The second-order valence-corrected chi connectivity index (χ2v) is 5.42. The lowest BCUT2D eigenvalue weighted by molar-refractivity contribution is 0.262. The van der Waals surface area contributed by atoms with Gasteiger partial charge in [0.25, 0.3) is 0 Å². The van der Waals surface area contributed by atoms with E-state index < -0.39 is 0 Å². The Hall–Kier alpha value is -2.34. The molecule has 22 heavy (non-hydrogen) atoms. The van der Waals surface area contributed by atoms with Gasteiger partial charge in [-0.2, -0.15) is 0 Å². The number of anilines is 3. The molecule has 7 heteroatoms. The van der Waals surface area contributed by atoms with E-state index in [1.807, 2.05) is 0 Å². The Balaban J connectivity index is 1.66. The van der Waals surface area contributed by atoms with E-state index in [1.54, 1.807) is 30.3 Å². The summed E-state index contributed by atoms with van der Waals surface area (Å²) in [6.07, 6.45) is 3.79. The molecule has 1 aromatic carbocycles. The second kappa shape index (κ2) is 6.62. The topological polar surface area (TPSA) is 70.2 Å². The fourth-order valence-electron chi connectivity index (χ4n) is 2.37. The van der Waals surface area contributed by atoms with Crippen LogP contribution in [0.3, 0.4) is 0 Å². The predicted molar refractivity (Wildman–Crippen MR) is 87.6 cm³/mol. The molecule has 114 valence electrons. The lowest BCUT2D eigenvalue weighted by Crippen LogP contribution is -2.22. The van der Waals surface area contributed by atoms with Crippen LogP contribution in [-0.4, -0.2) is 29.1 Å². The van der Waals surface area contributed by atoms with E-state index in [0.717, 1.165) is 18.9 Å². The first-order valence-corrected chi connectivity index (χ1v) is 7.50. The summed E-state index contributed by atoms with van der Waals surface area (Å²) in [5, 5.41) is 5.87. The summed E-state index contributed by atoms with van der Waals surface area (Å²) in [5.74, 6) is 1.29. The zero-order chi connectivity index (χ0) is 15.4. The number of aromatic nitrogens is 2. The van der Waals surface area contributed by atoms with Crippen LogP contribution >= 0.6 is 11.6 Å². The highest BCUT2D eigenvalue weighted by Gasteiger charge is 2.14. The third-order valence-corrected chi connectivity index (χ3v) is 3.78. The van der Waals surface area contributed by atoms with E-state index in [1.165, 1.54) is 19.2 Å². The molecular weight excluding hydrogens is 302 g/mol. The summed E-state index contributed by atoms with van der Waals surface area (Å²) < 4.78 is 0. The summed E-state index contributed by atoms with van der Waals surface area (Å²) >= 11 is 6.01. The monoisotopic (exact) mass is 317 g/mol. The van der Waals surface area contributed by atoms with Crippen molar-refractivity contribution in [3.63, 3.8) is 0 Å². The zero-order valence-corrected chi connectivity index (χ0v) is 12.7. The molecule has 1 aromatic heterocycles. The average molecular weight is 318 g/mol. The normalized spacial score (nSPS) is 14.0. The molecule has 2 aromatic rings. The van der Waals surface area contributed by atoms with Crippen molar-refractivity contribution in [2.45, 2.75) is 12.8 Å². The number of nitrogens with one attached hydrogen (secondary N) is 2. The highest BCUT2D eigenvalue weighted by Crippen LogP contribution is 2.21. The van der Waals surface area contributed by atoms with E-state index in [2.05, 4.69) is 25.5 Å². The zero-order valence-electron chi connectivity index (χ0n) is 11.9. The molecule has 2 N–H and O–H groups in total. The molecule has 1 aliphatic rings. The van der Waals surface area contributed by atoms with E-state index in [-0.39, 0.29) is 6.03 Å². The molecule has 3 rings (SSSR count). The molecule has 2 heterocycles. The fourth-order valence-corrected chi connectivity index (χ4v) is 2.55. The summed E-state index contributed by atoms with van der Waals surface area (Å²) in [6.45, 7) is 1.98. The molecular formula is C15H16ClN5O. The maximum atomic E-state index is 12.0. The summed E-state index contributed by atoms with van der Waals surface area (Å²) in [6, 6.07) is 8.44. The average Bonchev–Trinajstić information content (AvgIpc) is 3.04. The van der Waals surface area contributed by atoms with Gasteiger partial charge in [-0.05, 0) is 25.0 Å². The van der Waals surface area contributed by atoms with Crippen molar-refractivity contribution < 1.29 is 4.79 Å². The number of para-hydroxylation sites is 1. The van der Waals surface area contributed by atoms with Gasteiger partial charge in [0.1, 0.15) is 18.0 Å². The van der Waals surface area contributed by atoms with Crippen LogP contribution in [0.4, 0.5) is 22.1 Å². The summed E-state index contributed by atoms with van der Waals surface area (Å²) in [4.78, 5) is 22.5. The first-order chi connectivity index (χ1) is 10.7. The third-order valence-electron chi connectivity index (χ3n) is 3.45. The quantitative estimate of drug-likeness (QED) is 0.910. The van der Waals surface area contributed by atoms with Gasteiger partial charge in [0.2, 0.25) is 0 Å². The lowest BCUT2D eigenvalue weighted by Gasteiger charge is -2.16. The minimum absolute atomic E-state index is 0.390. The minimum Gasteiger partial charge on any atom is -0.356 e. The molecule has 1 fully saturated rings. The maximum absolute atomic E-state index is 12.0. The number of hydrogen-bond acceptors (Lipinski definition) is 4. The van der Waals surface area contributed by atoms with Gasteiger partial charge in [0.05, 0.1) is 10.7 Å². The lowest BCUT2D eigenvalue weighted by atomic mass is 10.3. The number of benzene rings is 1. The molecule has 0 bridgehead atoms. The van der Waals surface area contributed by atoms with Crippen LogP contribution in [0.1, 0.15) is 12.8 Å². The van der Waals surface area contributed by atoms with Crippen molar-refractivity contribution in [3.8, 4) is 0 Å². The van der Waals surface area contributed by atoms with Crippen molar-refractivity contribution in [1.29, 1.82) is 0 Å². The first-order valence-electron chi connectivity index (χ1n) is 7.12. The molecule has 0 unspecified atom stereocenters. The Morgan fingerprint density at radius 3 is 2.68 bits per heavy atom. The molecule has 0 radical (unpaired) electrons. The van der Waals surface area contributed by atoms with Crippen molar-refractivity contribution in [2.75, 3.05) is 28.6 Å². The number of amides is 2. The van der Waals surface area contributed by atoms with E-state index >= 15 is 0 Å². The fraction of sp³-hybridized carbons (Fsp3) is 0.267. The number of urea groups is 1. The van der Waals surface area contributed by atoms with Crippen molar-refractivity contribution in [3.05, 3.63) is 41.7 Å². The van der Waals surface area contributed by atoms with Crippen LogP contribution in [0.2, 0.25) is 5.02 Å². The number of carbonyl (C=O) groups is 1. The maximum Gasteiger partial charge on any atom is 0.324 e. The molecule has 1 saturated heterocycles. The molecule has 0 aliphatic carbocycles. The van der Waals surface area contributed by atoms with Gasteiger partial charge in [-0.15, -0.1) is 0 Å². The standard InChI is InChI=1S/C15H16ClN5O/c16-11-5-1-2-6-12(11)19-15(22)20-13-9-14(18-10-17-13)21-7-3-4-8-21/h1-2,5-6,9-10H,3-4,7-8H2,(H2,17,18,19,20,22). The van der Waals surface area contributed by atoms with Crippen LogP contribution in [0.25, 0.3) is 0 Å². The van der Waals surface area contributed by atoms with Gasteiger partial charge < -0.3 is 10.2 Å². The smallest absolute Gasteiger partial charge is 0.324 e. The summed E-state index contributed by atoms with van der Waals surface area (Å²) in [5.41, 5.74) is 0.551. The number of carbonyl (C=O) groups excluding carboxylic acids is 1. The van der Waals surface area contributed by atoms with Crippen molar-refractivity contribution in [2.24, 2.45) is 0 Å². The van der Waals surface area contributed by atoms with Gasteiger partial charge in [0, 0.05) is 19.2 Å². The second-order valence-electron chi connectivity index (χ2n) is 5.01. The Kier molecular flexibility index (Phi) is 4.39. The van der Waals surface area contributed by atoms with Gasteiger partial charge >= 0.3 is 6.03 Å². The molecule has 0 saturated carbocycles. The summed E-state index contributed by atoms with van der Waals surface area (Å²) in [7, 11) is 0. The minimum atomic E-state index is -0.390. The Morgan fingerprint density at radius 1 is 1.14 bits per heavy atom. The molecule has 1 aliphatic heterocycles. The van der Waals surface area contributed by atoms with E-state index in [4.69, 9.17) is 11.6 Å². The van der Waals surface area contributed by atoms with Crippen LogP contribution < -0.4 is 15.5 Å². The largest absolute Gasteiger partial charge is 0.356 e. The molecule has 2 amide bonds. The van der Waals surface area contributed by atoms with Gasteiger partial charge in [0.15, 0.2) is 0 Å².